The fourth-order valence-electron chi connectivity index (χ4n) is 1.50. The van der Waals surface area contributed by atoms with Crippen molar-refractivity contribution >= 4 is 23.4 Å². The van der Waals surface area contributed by atoms with E-state index in [-0.39, 0.29) is 12.6 Å². The molecule has 1 atom stereocenters. The average molecular weight is 289 g/mol. The Balaban J connectivity index is 0.00000154. The average Bonchev–Trinajstić information content (AvgIpc) is 2.42. The molecule has 4 N–H and O–H groups in total. The highest BCUT2D eigenvalue weighted by Gasteiger charge is 2.08. The molecule has 1 rings (SSSR count). The van der Waals surface area contributed by atoms with Crippen LogP contribution in [0, 0.1) is 12.8 Å². The number of nitrogens with one attached hydrogen (secondary N) is 1. The zero-order valence-electron chi connectivity index (χ0n) is 12.2. The Morgan fingerprint density at radius 3 is 2.53 bits per heavy atom. The molecule has 1 aromatic rings. The summed E-state index contributed by atoms with van der Waals surface area (Å²) in [6.07, 6.45) is 1.85. The summed E-state index contributed by atoms with van der Waals surface area (Å²) < 4.78 is 0. The van der Waals surface area contributed by atoms with Gasteiger partial charge in [0.05, 0.1) is 0 Å². The Kier molecular flexibility index (Phi) is 9.26. The summed E-state index contributed by atoms with van der Waals surface area (Å²) in [7, 11) is 0. The van der Waals surface area contributed by atoms with Gasteiger partial charge in [0.1, 0.15) is 11.0 Å². The van der Waals surface area contributed by atoms with Crippen molar-refractivity contribution in [2.45, 2.75) is 40.5 Å². The summed E-state index contributed by atoms with van der Waals surface area (Å²) in [4.78, 5) is 7.95. The fourth-order valence-corrected chi connectivity index (χ4v) is 1.67. The van der Waals surface area contributed by atoms with Gasteiger partial charge < -0.3 is 16.2 Å². The van der Waals surface area contributed by atoms with Gasteiger partial charge in [-0.25, -0.2) is 4.98 Å². The van der Waals surface area contributed by atoms with Crippen LogP contribution in [0.4, 0.5) is 11.8 Å². The van der Waals surface area contributed by atoms with Gasteiger partial charge in [-0.2, -0.15) is 4.98 Å². The monoisotopic (exact) mass is 288 g/mol. The first-order valence-electron chi connectivity index (χ1n) is 6.72. The predicted octanol–water partition coefficient (Wildman–Crippen LogP) is 2.87. The van der Waals surface area contributed by atoms with Crippen molar-refractivity contribution in [2.24, 2.45) is 5.92 Å². The minimum atomic E-state index is 0.164. The van der Waals surface area contributed by atoms with Gasteiger partial charge in [0.25, 0.3) is 0 Å². The van der Waals surface area contributed by atoms with E-state index in [9.17, 15) is 0 Å². The molecule has 0 fully saturated rings. The zero-order valence-corrected chi connectivity index (χ0v) is 13.0. The summed E-state index contributed by atoms with van der Waals surface area (Å²) >= 11 is 5.90. The number of aliphatic hydroxyl groups excluding tert-OH is 1. The first-order valence-corrected chi connectivity index (χ1v) is 7.10. The number of halogens is 1. The zero-order chi connectivity index (χ0) is 14.8. The molecule has 1 unspecified atom stereocenters. The van der Waals surface area contributed by atoms with E-state index >= 15 is 0 Å². The van der Waals surface area contributed by atoms with E-state index in [1.54, 1.807) is 0 Å². The third kappa shape index (κ3) is 6.07. The van der Waals surface area contributed by atoms with Gasteiger partial charge in [-0.15, -0.1) is 0 Å². The largest absolute Gasteiger partial charge is 0.396 e. The van der Waals surface area contributed by atoms with Crippen LogP contribution in [0.15, 0.2) is 0 Å². The van der Waals surface area contributed by atoms with Crippen LogP contribution in [0.3, 0.4) is 0 Å². The van der Waals surface area contributed by atoms with Crippen LogP contribution < -0.4 is 11.1 Å². The smallest absolute Gasteiger partial charge is 0.223 e. The van der Waals surface area contributed by atoms with Crippen LogP contribution in [-0.2, 0) is 0 Å². The maximum Gasteiger partial charge on any atom is 0.223 e. The van der Waals surface area contributed by atoms with Crippen LogP contribution in [-0.4, -0.2) is 28.2 Å². The number of nitrogen functional groups attached to an aromatic ring is 1. The molecule has 0 amide bonds. The Morgan fingerprint density at radius 2 is 2.00 bits per heavy atom. The number of hydrogen-bond acceptors (Lipinski definition) is 5. The third-order valence-corrected chi connectivity index (χ3v) is 3.15. The maximum absolute atomic E-state index is 9.07. The van der Waals surface area contributed by atoms with Crippen LogP contribution in [0.5, 0.6) is 0 Å². The molecular weight excluding hydrogens is 264 g/mol. The van der Waals surface area contributed by atoms with E-state index in [1.165, 1.54) is 0 Å². The van der Waals surface area contributed by atoms with Gasteiger partial charge >= 0.3 is 0 Å². The first-order chi connectivity index (χ1) is 9.08. The normalized spacial score (nSPS) is 11.5. The van der Waals surface area contributed by atoms with E-state index < -0.39 is 0 Å². The van der Waals surface area contributed by atoms with Crippen LogP contribution >= 0.6 is 11.6 Å². The molecule has 0 radical (unpaired) electrons. The lowest BCUT2D eigenvalue weighted by atomic mass is 10.0. The second-order valence-corrected chi connectivity index (χ2v) is 4.38. The molecule has 6 heteroatoms. The molecule has 0 bridgehead atoms. The molecule has 1 heterocycles. The third-order valence-electron chi connectivity index (χ3n) is 2.78. The molecule has 0 aliphatic carbocycles. The molecule has 0 spiro atoms. The van der Waals surface area contributed by atoms with Crippen molar-refractivity contribution in [1.82, 2.24) is 9.97 Å². The van der Waals surface area contributed by atoms with E-state index in [0.29, 0.717) is 16.9 Å². The van der Waals surface area contributed by atoms with Gasteiger partial charge in [0.15, 0.2) is 0 Å². The summed E-state index contributed by atoms with van der Waals surface area (Å²) in [5.41, 5.74) is 6.32. The molecular formula is C13H25ClN4O. The number of aromatic nitrogens is 2. The highest BCUT2D eigenvalue weighted by molar-refractivity contribution is 6.30. The molecule has 19 heavy (non-hydrogen) atoms. The van der Waals surface area contributed by atoms with Crippen molar-refractivity contribution in [3.05, 3.63) is 10.7 Å². The number of rotatable bonds is 6. The minimum Gasteiger partial charge on any atom is -0.396 e. The summed E-state index contributed by atoms with van der Waals surface area (Å²) in [5, 5.41) is 12.6. The Morgan fingerprint density at radius 1 is 1.37 bits per heavy atom. The summed E-state index contributed by atoms with van der Waals surface area (Å²) in [6, 6.07) is 0. The molecule has 5 nitrogen and oxygen atoms in total. The predicted molar refractivity (Wildman–Crippen MR) is 81.5 cm³/mol. The van der Waals surface area contributed by atoms with Crippen LogP contribution in [0.25, 0.3) is 0 Å². The standard InChI is InChI=1S/C11H19ClN4O.C2H6/c1-3-8(6-17)4-5-14-10-7(2)9(12)15-11(13)16-10;1-2/h8,17H,3-6H2,1-2H3,(H3,13,14,15,16);1-2H3. The molecule has 110 valence electrons. The molecule has 0 saturated heterocycles. The lowest BCUT2D eigenvalue weighted by molar-refractivity contribution is 0.217. The van der Waals surface area contributed by atoms with E-state index in [2.05, 4.69) is 22.2 Å². The Labute approximate surface area is 120 Å². The van der Waals surface area contributed by atoms with Crippen LogP contribution in [0.2, 0.25) is 5.15 Å². The number of aliphatic hydroxyl groups is 1. The van der Waals surface area contributed by atoms with E-state index in [1.807, 2.05) is 20.8 Å². The van der Waals surface area contributed by atoms with Crippen molar-refractivity contribution in [3.8, 4) is 0 Å². The highest BCUT2D eigenvalue weighted by Crippen LogP contribution is 2.20. The Bertz CT molecular complexity index is 370. The van der Waals surface area contributed by atoms with Crippen LogP contribution in [0.1, 0.15) is 39.2 Å². The molecule has 0 aliphatic heterocycles. The quantitative estimate of drug-likeness (QED) is 0.701. The molecule has 0 aromatic carbocycles. The topological polar surface area (TPSA) is 84.1 Å². The van der Waals surface area contributed by atoms with Gasteiger partial charge in [0, 0.05) is 18.7 Å². The highest BCUT2D eigenvalue weighted by atomic mass is 35.5. The second kappa shape index (κ2) is 9.81. The fraction of sp³-hybridized carbons (Fsp3) is 0.692. The number of nitrogens with two attached hydrogens (primary N) is 1. The van der Waals surface area contributed by atoms with Gasteiger partial charge in [0.2, 0.25) is 5.95 Å². The maximum atomic E-state index is 9.07. The van der Waals surface area contributed by atoms with Gasteiger partial charge in [-0.05, 0) is 19.3 Å². The number of hydrogen-bond donors (Lipinski definition) is 3. The van der Waals surface area contributed by atoms with Gasteiger partial charge in [-0.3, -0.25) is 0 Å². The molecule has 0 aliphatic rings. The van der Waals surface area contributed by atoms with Crippen molar-refractivity contribution in [3.63, 3.8) is 0 Å². The van der Waals surface area contributed by atoms with E-state index in [0.717, 1.165) is 24.9 Å². The summed E-state index contributed by atoms with van der Waals surface area (Å²) in [5.74, 6) is 1.14. The number of anilines is 2. The molecule has 1 aromatic heterocycles. The Hall–Kier alpha value is -1.07. The number of nitrogens with zero attached hydrogens (tertiary/aromatic N) is 2. The van der Waals surface area contributed by atoms with Crippen molar-refractivity contribution < 1.29 is 5.11 Å². The SMILES string of the molecule is CC.CCC(CO)CCNc1nc(N)nc(Cl)c1C. The summed E-state index contributed by atoms with van der Waals surface area (Å²) in [6.45, 7) is 8.84. The van der Waals surface area contributed by atoms with E-state index in [4.69, 9.17) is 22.4 Å². The van der Waals surface area contributed by atoms with Gasteiger partial charge in [-0.1, -0.05) is 38.8 Å². The first kappa shape index (κ1) is 17.9. The second-order valence-electron chi connectivity index (χ2n) is 4.02. The molecule has 0 saturated carbocycles. The lowest BCUT2D eigenvalue weighted by Crippen LogP contribution is -2.13. The minimum absolute atomic E-state index is 0.164. The van der Waals surface area contributed by atoms with Crippen molar-refractivity contribution in [1.29, 1.82) is 0 Å². The lowest BCUT2D eigenvalue weighted by Gasteiger charge is -2.13. The van der Waals surface area contributed by atoms with Crippen molar-refractivity contribution in [2.75, 3.05) is 24.2 Å².